The van der Waals surface area contributed by atoms with Gasteiger partial charge in [0.05, 0.1) is 126 Å². The Morgan fingerprint density at radius 2 is 0.786 bits per heavy atom. The average Bonchev–Trinajstić information content (AvgIpc) is 1.57. The molecule has 0 amide bonds. The Bertz CT molecular complexity index is 5170. The van der Waals surface area contributed by atoms with Crippen LogP contribution in [0.4, 0.5) is 34.5 Å². The SMILES string of the molecule is COC(=O)c1cc(-c2cccc(Cl)c2)c2nc(N)oc2c1.COC(=O)c1cc(Br)c(N)c(OC)c1.COC(=O)c1cc(O)c(N)c(-c2cccc(Cl)c2)c1.COC(=O)c1cc(OC)c(N)c(-c2cccc(Cl)c2)c1.COC(=O)c1ccc(N)c(OC)c1.COc1cc(C(=O)O)ccc1N.N#CBr.OB(O)c1cccc(Cl)c1. The lowest BCUT2D eigenvalue weighted by molar-refractivity contribution is 0.0591. The number of carbonyl (C=O) groups is 6. The highest BCUT2D eigenvalue weighted by molar-refractivity contribution is 9.12. The fraction of sp³-hybridized carbons (Fsp3) is 0.117. The number of aromatic hydroxyl groups is 1. The van der Waals surface area contributed by atoms with Crippen LogP contribution in [0.5, 0.6) is 28.7 Å². The van der Waals surface area contributed by atoms with Crippen LogP contribution in [0, 0.1) is 10.2 Å². The number of aromatic nitrogens is 1. The number of phenols is 1. The summed E-state index contributed by atoms with van der Waals surface area (Å²) in [5, 5.41) is 45.1. The maximum Gasteiger partial charge on any atom is 0.488 e. The van der Waals surface area contributed by atoms with E-state index in [9.17, 15) is 33.9 Å². The van der Waals surface area contributed by atoms with E-state index in [2.05, 4.69) is 51.1 Å². The minimum Gasteiger partial charge on any atom is -0.506 e. The van der Waals surface area contributed by atoms with Gasteiger partial charge >= 0.3 is 42.9 Å². The van der Waals surface area contributed by atoms with Gasteiger partial charge in [-0.1, -0.05) is 94.9 Å². The van der Waals surface area contributed by atoms with E-state index >= 15 is 0 Å². The zero-order chi connectivity index (χ0) is 83.6. The number of halogens is 6. The number of anilines is 6. The van der Waals surface area contributed by atoms with E-state index in [0.29, 0.717) is 131 Å². The number of nitrogen functional groups attached to an aromatic ring is 6. The molecule has 11 aromatic rings. The number of esters is 5. The monoisotopic (exact) mass is 1740 g/mol. The van der Waals surface area contributed by atoms with Gasteiger partial charge in [0, 0.05) is 57.2 Å². The Morgan fingerprint density at radius 3 is 1.19 bits per heavy atom. The van der Waals surface area contributed by atoms with Gasteiger partial charge in [0.1, 0.15) is 39.2 Å². The van der Waals surface area contributed by atoms with Gasteiger partial charge in [0.15, 0.2) is 5.58 Å². The number of nitrogens with two attached hydrogens (primary N) is 6. The number of carboxylic acid groups (broad SMARTS) is 1. The summed E-state index contributed by atoms with van der Waals surface area (Å²) in [6, 6.07) is 49.4. The molecule has 586 valence electrons. The molecule has 0 saturated heterocycles. The number of methoxy groups -OCH3 is 9. The number of nitriles is 1. The van der Waals surface area contributed by atoms with Crippen LogP contribution < -0.4 is 58.8 Å². The molecule has 0 aliphatic heterocycles. The number of carbonyl (C=O) groups excluding carboxylic acids is 5. The van der Waals surface area contributed by atoms with E-state index in [4.69, 9.17) is 134 Å². The van der Waals surface area contributed by atoms with Crippen molar-refractivity contribution >= 4 is 172 Å². The van der Waals surface area contributed by atoms with Gasteiger partial charge in [0.2, 0.25) is 0 Å². The second-order valence-electron chi connectivity index (χ2n) is 21.8. The largest absolute Gasteiger partial charge is 0.506 e. The summed E-state index contributed by atoms with van der Waals surface area (Å²) >= 11 is 29.2. The fourth-order valence-electron chi connectivity index (χ4n) is 9.32. The van der Waals surface area contributed by atoms with Crippen LogP contribution in [-0.2, 0) is 23.7 Å². The number of benzene rings is 10. The first-order valence-electron chi connectivity index (χ1n) is 31.6. The van der Waals surface area contributed by atoms with Crippen molar-refractivity contribution in [3.8, 4) is 67.1 Å². The Kier molecular flexibility index (Phi) is 37.7. The van der Waals surface area contributed by atoms with Crippen molar-refractivity contribution in [2.45, 2.75) is 0 Å². The number of oxazole rings is 1. The first-order valence-corrected chi connectivity index (χ1v) is 34.7. The van der Waals surface area contributed by atoms with Crippen LogP contribution in [-0.4, -0.2) is 132 Å². The summed E-state index contributed by atoms with van der Waals surface area (Å²) in [6.45, 7) is 0. The molecule has 0 aliphatic carbocycles. The Balaban J connectivity index is 0.000000278. The predicted octanol–water partition coefficient (Wildman–Crippen LogP) is 14.7. The molecular weight excluding hydrogens is 1670 g/mol. The number of hydrogen-bond donors (Lipinski definition) is 10. The van der Waals surface area contributed by atoms with Crippen molar-refractivity contribution in [2.24, 2.45) is 0 Å². The molecule has 10 aromatic carbocycles. The first-order chi connectivity index (χ1) is 53.2. The third-order valence-corrected chi connectivity index (χ3v) is 16.3. The number of rotatable bonds is 14. The molecule has 35 heteroatoms. The van der Waals surface area contributed by atoms with Crippen molar-refractivity contribution in [1.29, 1.82) is 5.26 Å². The minimum absolute atomic E-state index is 0.0373. The number of ether oxygens (including phenoxy) is 9. The highest BCUT2D eigenvalue weighted by Crippen LogP contribution is 2.39. The van der Waals surface area contributed by atoms with Gasteiger partial charge < -0.3 is 102 Å². The average molecular weight is 1740 g/mol. The summed E-state index contributed by atoms with van der Waals surface area (Å²) in [5.41, 5.74) is 43.8. The summed E-state index contributed by atoms with van der Waals surface area (Å²) in [4.78, 5) is 73.5. The van der Waals surface area contributed by atoms with Crippen molar-refractivity contribution in [1.82, 2.24) is 4.98 Å². The standard InChI is InChI=1S/C15H11ClN2O3.C15H14ClNO3.C14H12ClNO3.C9H10BrNO3.C9H11NO3.C8H9NO3.C6H6BClO2.CBrN/c1-20-14(19)9-6-11(8-3-2-4-10(16)5-8)13-12(7-9)21-15(17)18-13;1-19-13-8-10(15(18)20-2)7-12(14(13)17)9-4-3-5-11(16)6-9;1-19-14(18)9-6-11(13(16)12(17)7-9)8-3-2-4-10(15)5-8;1-13-7-4-5(9(12)14-2)3-6(10)8(7)11;1-12-8-5-6(9(11)13-2)3-4-7(8)10;1-12-7-4-5(8(10)11)2-3-6(7)9;8-6-3-1-2-5(4-6)7(9)10;2-1-3/h2-7H,1H3,(H2,17,18);3-8H,17H2,1-2H3;2-7,17H,16H2,1H3;3-4H,11H2,1-2H3;3-5H,10H2,1-2H3;2-4H,9H2,1H3,(H,10,11);1-4,9-10H;. The lowest BCUT2D eigenvalue weighted by Gasteiger charge is -2.13. The number of carboxylic acids is 1. The number of phenolic OH excluding ortho intramolecular Hbond substituents is 1. The Hall–Kier alpha value is -12.1. The smallest absolute Gasteiger partial charge is 0.488 e. The van der Waals surface area contributed by atoms with Crippen molar-refractivity contribution < 1.29 is 96.1 Å². The van der Waals surface area contributed by atoms with Crippen molar-refractivity contribution in [3.05, 3.63) is 240 Å². The molecule has 0 fully saturated rings. The molecule has 0 spiro atoms. The third-order valence-electron chi connectivity index (χ3n) is 14.7. The Morgan fingerprint density at radius 1 is 0.438 bits per heavy atom. The predicted molar refractivity (Wildman–Crippen MR) is 439 cm³/mol. The van der Waals surface area contributed by atoms with E-state index < -0.39 is 42.9 Å². The highest BCUT2D eigenvalue weighted by Gasteiger charge is 2.20. The van der Waals surface area contributed by atoms with Crippen LogP contribution in [0.25, 0.3) is 44.5 Å². The van der Waals surface area contributed by atoms with Gasteiger partial charge in [0.25, 0.3) is 6.01 Å². The van der Waals surface area contributed by atoms with Gasteiger partial charge in [-0.15, -0.1) is 0 Å². The molecule has 11 rings (SSSR count). The number of nitrogens with zero attached hydrogens (tertiary/aromatic N) is 2. The zero-order valence-corrected chi connectivity index (χ0v) is 67.0. The summed E-state index contributed by atoms with van der Waals surface area (Å²) in [7, 11) is 11.0. The van der Waals surface area contributed by atoms with Crippen LogP contribution in [0.2, 0.25) is 20.1 Å². The van der Waals surface area contributed by atoms with E-state index in [-0.39, 0.29) is 28.6 Å². The second-order valence-corrected chi connectivity index (χ2v) is 24.8. The molecule has 1 heterocycles. The lowest BCUT2D eigenvalue weighted by Crippen LogP contribution is -2.29. The molecule has 112 heavy (non-hydrogen) atoms. The highest BCUT2D eigenvalue weighted by atomic mass is 79.9. The van der Waals surface area contributed by atoms with E-state index in [0.717, 1.165) is 11.1 Å². The lowest BCUT2D eigenvalue weighted by atomic mass is 9.81. The molecule has 28 nitrogen and oxygen atoms in total. The topological polar surface area (TPSA) is 472 Å². The zero-order valence-electron chi connectivity index (χ0n) is 60.8. The van der Waals surface area contributed by atoms with E-state index in [1.807, 2.05) is 24.3 Å². The maximum atomic E-state index is 11.8. The van der Waals surface area contributed by atoms with Gasteiger partial charge in [-0.05, 0) is 172 Å². The van der Waals surface area contributed by atoms with Gasteiger partial charge in [-0.3, -0.25) is 0 Å². The second kappa shape index (κ2) is 45.8. The van der Waals surface area contributed by atoms with Crippen molar-refractivity contribution in [2.75, 3.05) is 98.4 Å². The minimum atomic E-state index is -1.43. The van der Waals surface area contributed by atoms with Crippen molar-refractivity contribution in [3.63, 3.8) is 0 Å². The fourth-order valence-corrected chi connectivity index (χ4v) is 10.5. The Labute approximate surface area is 679 Å². The molecule has 0 aliphatic rings. The van der Waals surface area contributed by atoms with Crippen LogP contribution >= 0.6 is 78.3 Å². The number of aromatic carboxylic acids is 1. The van der Waals surface area contributed by atoms with E-state index in [1.165, 1.54) is 100 Å². The van der Waals surface area contributed by atoms with Crippen LogP contribution in [0.3, 0.4) is 0 Å². The molecule has 0 atom stereocenters. The van der Waals surface area contributed by atoms with Crippen LogP contribution in [0.15, 0.2) is 191 Å². The van der Waals surface area contributed by atoms with Crippen LogP contribution in [0.1, 0.15) is 62.1 Å². The normalized spacial score (nSPS) is 9.79. The van der Waals surface area contributed by atoms with Gasteiger partial charge in [-0.25, -0.2) is 28.8 Å². The molecule has 0 unspecified atom stereocenters. The number of hydrogen-bond acceptors (Lipinski definition) is 27. The maximum absolute atomic E-state index is 11.8. The molecule has 1 aromatic heterocycles. The van der Waals surface area contributed by atoms with E-state index in [1.54, 1.807) is 126 Å². The molecular formula is C77H73BBr2Cl4N8O20. The number of fused-ring (bicyclic) bond motifs is 1. The molecule has 0 bridgehead atoms. The molecule has 0 radical (unpaired) electrons. The van der Waals surface area contributed by atoms with Gasteiger partial charge in [-0.2, -0.15) is 10.2 Å². The summed E-state index contributed by atoms with van der Waals surface area (Å²) in [6.07, 6.45) is 0. The summed E-state index contributed by atoms with van der Waals surface area (Å²) in [5.74, 6) is -1.73. The molecule has 16 N–H and O–H groups in total. The summed E-state index contributed by atoms with van der Waals surface area (Å²) < 4.78 is 49.2. The first kappa shape index (κ1) is 92.3. The third kappa shape index (κ3) is 27.2. The molecule has 0 saturated carbocycles. The quantitative estimate of drug-likeness (QED) is 0.0159.